The van der Waals surface area contributed by atoms with Crippen LogP contribution in [0.1, 0.15) is 39.4 Å². The first-order valence-corrected chi connectivity index (χ1v) is 6.79. The second-order valence-corrected chi connectivity index (χ2v) is 5.62. The topological polar surface area (TPSA) is 90.9 Å². The summed E-state index contributed by atoms with van der Waals surface area (Å²) < 4.78 is 24.1. The SMILES string of the molecule is CCn1c(C(C)C(C)C)nnc1S(N)(=O)=O. The molecule has 0 aliphatic rings. The lowest BCUT2D eigenvalue weighted by Gasteiger charge is -2.15. The smallest absolute Gasteiger partial charge is 0.273 e. The standard InChI is InChI=1S/C9H18N4O2S/c1-5-13-8(7(4)6(2)3)11-12-9(13)16(10,14)15/h6-7H,5H2,1-4H3,(H2,10,14,15). The maximum atomic E-state index is 11.3. The van der Waals surface area contributed by atoms with Crippen LogP contribution in [0.5, 0.6) is 0 Å². The van der Waals surface area contributed by atoms with Crippen molar-refractivity contribution in [2.24, 2.45) is 11.1 Å². The maximum absolute atomic E-state index is 11.3. The van der Waals surface area contributed by atoms with Gasteiger partial charge in [0.2, 0.25) is 0 Å². The van der Waals surface area contributed by atoms with E-state index in [0.29, 0.717) is 18.3 Å². The Morgan fingerprint density at radius 1 is 1.31 bits per heavy atom. The van der Waals surface area contributed by atoms with Gasteiger partial charge in [0.25, 0.3) is 15.2 Å². The Morgan fingerprint density at radius 2 is 1.88 bits per heavy atom. The molecule has 1 aromatic rings. The van der Waals surface area contributed by atoms with Crippen LogP contribution in [-0.4, -0.2) is 23.2 Å². The summed E-state index contributed by atoms with van der Waals surface area (Å²) >= 11 is 0. The zero-order chi connectivity index (χ0) is 12.5. The largest absolute Gasteiger partial charge is 0.301 e. The molecule has 0 aliphatic heterocycles. The summed E-state index contributed by atoms with van der Waals surface area (Å²) in [5, 5.41) is 12.5. The average Bonchev–Trinajstić information content (AvgIpc) is 2.58. The number of nitrogens with zero attached hydrogens (tertiary/aromatic N) is 3. The van der Waals surface area contributed by atoms with Crippen LogP contribution < -0.4 is 5.14 Å². The molecule has 1 heterocycles. The van der Waals surface area contributed by atoms with Crippen LogP contribution >= 0.6 is 0 Å². The molecule has 0 spiro atoms. The van der Waals surface area contributed by atoms with E-state index in [9.17, 15) is 8.42 Å². The Hall–Kier alpha value is -0.950. The van der Waals surface area contributed by atoms with E-state index in [0.717, 1.165) is 0 Å². The van der Waals surface area contributed by atoms with Crippen molar-refractivity contribution in [2.45, 2.75) is 45.3 Å². The Balaban J connectivity index is 3.30. The van der Waals surface area contributed by atoms with Crippen LogP contribution in [0.2, 0.25) is 0 Å². The highest BCUT2D eigenvalue weighted by Crippen LogP contribution is 2.23. The van der Waals surface area contributed by atoms with Gasteiger partial charge in [-0.3, -0.25) is 0 Å². The lowest BCUT2D eigenvalue weighted by Crippen LogP contribution is -2.20. The van der Waals surface area contributed by atoms with Crippen LogP contribution in [0.4, 0.5) is 0 Å². The van der Waals surface area contributed by atoms with Crippen molar-refractivity contribution in [3.8, 4) is 0 Å². The molecule has 0 saturated heterocycles. The van der Waals surface area contributed by atoms with Gasteiger partial charge in [-0.15, -0.1) is 10.2 Å². The van der Waals surface area contributed by atoms with Gasteiger partial charge >= 0.3 is 0 Å². The Labute approximate surface area is 95.9 Å². The van der Waals surface area contributed by atoms with E-state index in [-0.39, 0.29) is 11.1 Å². The molecule has 0 bridgehead atoms. The van der Waals surface area contributed by atoms with E-state index in [4.69, 9.17) is 5.14 Å². The molecular formula is C9H18N4O2S. The quantitative estimate of drug-likeness (QED) is 0.846. The molecule has 16 heavy (non-hydrogen) atoms. The molecule has 92 valence electrons. The molecule has 1 aromatic heterocycles. The molecule has 1 rings (SSSR count). The molecule has 0 fully saturated rings. The lowest BCUT2D eigenvalue weighted by molar-refractivity contribution is 0.476. The zero-order valence-electron chi connectivity index (χ0n) is 10.0. The van der Waals surface area contributed by atoms with Crippen molar-refractivity contribution in [3.05, 3.63) is 5.82 Å². The molecule has 1 unspecified atom stereocenters. The van der Waals surface area contributed by atoms with Gasteiger partial charge in [-0.25, -0.2) is 13.6 Å². The highest BCUT2D eigenvalue weighted by Gasteiger charge is 2.24. The Bertz CT molecular complexity index is 464. The molecule has 6 nitrogen and oxygen atoms in total. The average molecular weight is 246 g/mol. The van der Waals surface area contributed by atoms with Crippen LogP contribution in [0.15, 0.2) is 5.16 Å². The summed E-state index contributed by atoms with van der Waals surface area (Å²) in [6.07, 6.45) is 0. The predicted octanol–water partition coefficient (Wildman–Crippen LogP) is 0.705. The Morgan fingerprint density at radius 3 is 2.25 bits per heavy atom. The third kappa shape index (κ3) is 2.41. The van der Waals surface area contributed by atoms with Gasteiger partial charge in [0.15, 0.2) is 0 Å². The summed E-state index contributed by atoms with van der Waals surface area (Å²) in [6, 6.07) is 0. The fraction of sp³-hybridized carbons (Fsp3) is 0.778. The highest BCUT2D eigenvalue weighted by molar-refractivity contribution is 7.89. The molecule has 7 heteroatoms. The molecule has 0 aliphatic carbocycles. The van der Waals surface area contributed by atoms with Crippen LogP contribution in [0, 0.1) is 5.92 Å². The molecule has 1 atom stereocenters. The summed E-state index contributed by atoms with van der Waals surface area (Å²) in [5.74, 6) is 1.17. The fourth-order valence-corrected chi connectivity index (χ4v) is 2.13. The number of aromatic nitrogens is 3. The first-order chi connectivity index (χ1) is 7.29. The number of primary sulfonamides is 1. The summed E-state index contributed by atoms with van der Waals surface area (Å²) in [4.78, 5) is 0. The van der Waals surface area contributed by atoms with Crippen molar-refractivity contribution >= 4 is 10.0 Å². The Kier molecular flexibility index (Phi) is 3.69. The number of nitrogens with two attached hydrogens (primary N) is 1. The van der Waals surface area contributed by atoms with Gasteiger partial charge < -0.3 is 4.57 Å². The first-order valence-electron chi connectivity index (χ1n) is 5.24. The van der Waals surface area contributed by atoms with E-state index in [1.807, 2.05) is 13.8 Å². The second kappa shape index (κ2) is 4.50. The molecule has 2 N–H and O–H groups in total. The van der Waals surface area contributed by atoms with Crippen molar-refractivity contribution < 1.29 is 8.42 Å². The van der Waals surface area contributed by atoms with E-state index in [1.165, 1.54) is 0 Å². The van der Waals surface area contributed by atoms with E-state index >= 15 is 0 Å². The molecule has 0 saturated carbocycles. The minimum atomic E-state index is -3.79. The third-order valence-corrected chi connectivity index (χ3v) is 3.53. The highest BCUT2D eigenvalue weighted by atomic mass is 32.2. The van der Waals surface area contributed by atoms with Gasteiger partial charge in [-0.2, -0.15) is 0 Å². The number of rotatable bonds is 4. The number of hydrogen-bond donors (Lipinski definition) is 1. The van der Waals surface area contributed by atoms with Crippen molar-refractivity contribution in [2.75, 3.05) is 0 Å². The van der Waals surface area contributed by atoms with Crippen LogP contribution in [0.25, 0.3) is 0 Å². The summed E-state index contributed by atoms with van der Waals surface area (Å²) in [5.41, 5.74) is 0. The summed E-state index contributed by atoms with van der Waals surface area (Å²) in [6.45, 7) is 8.43. The van der Waals surface area contributed by atoms with Crippen LogP contribution in [-0.2, 0) is 16.6 Å². The van der Waals surface area contributed by atoms with E-state index in [1.54, 1.807) is 4.57 Å². The van der Waals surface area contributed by atoms with E-state index in [2.05, 4.69) is 24.0 Å². The maximum Gasteiger partial charge on any atom is 0.273 e. The molecular weight excluding hydrogens is 228 g/mol. The zero-order valence-corrected chi connectivity index (χ0v) is 10.8. The second-order valence-electron chi connectivity index (χ2n) is 4.16. The molecule has 0 aromatic carbocycles. The molecule has 0 radical (unpaired) electrons. The first kappa shape index (κ1) is 13.1. The van der Waals surface area contributed by atoms with Gasteiger partial charge in [-0.05, 0) is 12.8 Å². The van der Waals surface area contributed by atoms with Gasteiger partial charge in [0.1, 0.15) is 5.82 Å². The van der Waals surface area contributed by atoms with Gasteiger partial charge in [0.05, 0.1) is 0 Å². The monoisotopic (exact) mass is 246 g/mol. The molecule has 0 amide bonds. The summed E-state index contributed by atoms with van der Waals surface area (Å²) in [7, 11) is -3.79. The minimum Gasteiger partial charge on any atom is -0.301 e. The minimum absolute atomic E-state index is 0.142. The number of hydrogen-bond acceptors (Lipinski definition) is 4. The van der Waals surface area contributed by atoms with E-state index < -0.39 is 10.0 Å². The normalized spacial score (nSPS) is 14.4. The van der Waals surface area contributed by atoms with Crippen molar-refractivity contribution in [3.63, 3.8) is 0 Å². The van der Waals surface area contributed by atoms with Gasteiger partial charge in [-0.1, -0.05) is 20.8 Å². The van der Waals surface area contributed by atoms with Gasteiger partial charge in [0, 0.05) is 12.5 Å². The number of sulfonamides is 1. The van der Waals surface area contributed by atoms with Crippen molar-refractivity contribution in [1.29, 1.82) is 0 Å². The lowest BCUT2D eigenvalue weighted by atomic mass is 9.97. The third-order valence-electron chi connectivity index (χ3n) is 2.72. The van der Waals surface area contributed by atoms with Crippen molar-refractivity contribution in [1.82, 2.24) is 14.8 Å². The predicted molar refractivity (Wildman–Crippen MR) is 60.3 cm³/mol. The van der Waals surface area contributed by atoms with Crippen LogP contribution in [0.3, 0.4) is 0 Å². The fourth-order valence-electron chi connectivity index (χ4n) is 1.44.